The van der Waals surface area contributed by atoms with Crippen molar-refractivity contribution >= 4 is 46.5 Å². The van der Waals surface area contributed by atoms with Gasteiger partial charge in [0, 0.05) is 42.0 Å². The first-order chi connectivity index (χ1) is 28.9. The van der Waals surface area contributed by atoms with Gasteiger partial charge in [-0.05, 0) is 91.3 Å². The predicted molar refractivity (Wildman–Crippen MR) is 234 cm³/mol. The van der Waals surface area contributed by atoms with Crippen molar-refractivity contribution in [2.45, 2.75) is 70.7 Å². The topological polar surface area (TPSA) is 119 Å². The number of hydrogen-bond donors (Lipinski definition) is 2. The molecule has 0 saturated carbocycles. The van der Waals surface area contributed by atoms with Crippen LogP contribution in [0.3, 0.4) is 0 Å². The van der Waals surface area contributed by atoms with Crippen molar-refractivity contribution in [3.05, 3.63) is 166 Å². The van der Waals surface area contributed by atoms with Crippen LogP contribution < -0.4 is 10.6 Å². The lowest BCUT2D eigenvalue weighted by atomic mass is 9.98. The number of nitrogens with one attached hydrogen (secondary N) is 2. The second-order valence-electron chi connectivity index (χ2n) is 16.0. The third-order valence-corrected chi connectivity index (χ3v) is 10.9. The van der Waals surface area contributed by atoms with Crippen molar-refractivity contribution in [3.63, 3.8) is 0 Å². The third kappa shape index (κ3) is 9.72. The molecular formula is C49H49ClN4O6. The van der Waals surface area contributed by atoms with Gasteiger partial charge >= 0.3 is 12.2 Å². The van der Waals surface area contributed by atoms with Gasteiger partial charge in [-0.2, -0.15) is 0 Å². The van der Waals surface area contributed by atoms with E-state index in [1.165, 1.54) is 9.47 Å². The molecule has 11 heteroatoms. The molecule has 3 amide bonds. The van der Waals surface area contributed by atoms with Crippen molar-refractivity contribution in [2.75, 3.05) is 13.2 Å². The van der Waals surface area contributed by atoms with E-state index in [1.807, 2.05) is 84.9 Å². The summed E-state index contributed by atoms with van der Waals surface area (Å²) in [6, 6.07) is 38.2. The Hall–Kier alpha value is -6.39. The summed E-state index contributed by atoms with van der Waals surface area (Å²) in [5.74, 6) is -1.16. The highest BCUT2D eigenvalue weighted by Gasteiger charge is 2.34. The Kier molecular flexibility index (Phi) is 12.7. The van der Waals surface area contributed by atoms with Crippen LogP contribution in [0.25, 0.3) is 22.0 Å². The molecule has 0 saturated heterocycles. The molecule has 60 heavy (non-hydrogen) atoms. The molecule has 0 radical (unpaired) electrons. The van der Waals surface area contributed by atoms with E-state index < -0.39 is 41.7 Å². The highest BCUT2D eigenvalue weighted by Crippen LogP contribution is 2.44. The number of aromatic nitrogens is 1. The quantitative estimate of drug-likeness (QED) is 0.120. The lowest BCUT2D eigenvalue weighted by Gasteiger charge is -2.30. The molecule has 0 bridgehead atoms. The number of fused-ring (bicyclic) bond motifs is 4. The van der Waals surface area contributed by atoms with Crippen LogP contribution in [0.15, 0.2) is 134 Å². The number of rotatable bonds is 13. The van der Waals surface area contributed by atoms with Gasteiger partial charge in [0.2, 0.25) is 11.8 Å². The predicted octanol–water partition coefficient (Wildman–Crippen LogP) is 9.30. The van der Waals surface area contributed by atoms with E-state index in [4.69, 9.17) is 21.1 Å². The molecule has 5 aromatic carbocycles. The van der Waals surface area contributed by atoms with Gasteiger partial charge in [0.25, 0.3) is 0 Å². The summed E-state index contributed by atoms with van der Waals surface area (Å²) in [4.78, 5) is 57.4. The number of amides is 3. The van der Waals surface area contributed by atoms with Gasteiger partial charge in [0.05, 0.1) is 5.52 Å². The smallest absolute Gasteiger partial charge is 0.419 e. The van der Waals surface area contributed by atoms with Gasteiger partial charge in [-0.25, -0.2) is 9.59 Å². The Balaban J connectivity index is 1.14. The molecule has 0 fully saturated rings. The largest absolute Gasteiger partial charge is 0.448 e. The fraction of sp³-hybridized carbons (Fsp3) is 0.265. The standard InChI is InChI=1S/C49H49ClN4O6/c1-32(53(29-34-22-24-36(50)25-23-34)47(57)59-31-42-40-19-10-8-17-38(40)39-18-9-11-20-41(39)42)45(55)52-43(46(56)51-27-26-33-14-6-5-7-15-33)28-35-30-54(48(58)60-49(2,3)4)44-21-13-12-16-37(35)44/h5-25,30,32,42-43H,26-29,31H2,1-4H3,(H,51,56)(H,52,55)/t32?,43-/m1/s1. The zero-order valence-electron chi connectivity index (χ0n) is 34.2. The highest BCUT2D eigenvalue weighted by molar-refractivity contribution is 6.30. The highest BCUT2D eigenvalue weighted by atomic mass is 35.5. The Morgan fingerprint density at radius 2 is 1.38 bits per heavy atom. The number of halogens is 1. The Morgan fingerprint density at radius 3 is 2.05 bits per heavy atom. The number of benzene rings is 5. The van der Waals surface area contributed by atoms with E-state index in [2.05, 4.69) is 22.8 Å². The number of ether oxygens (including phenoxy) is 2. The van der Waals surface area contributed by atoms with E-state index >= 15 is 0 Å². The zero-order chi connectivity index (χ0) is 42.4. The second kappa shape index (κ2) is 18.3. The molecule has 2 N–H and O–H groups in total. The average Bonchev–Trinajstić information content (AvgIpc) is 3.77. The van der Waals surface area contributed by atoms with E-state index in [-0.39, 0.29) is 25.5 Å². The summed E-state index contributed by atoms with van der Waals surface area (Å²) in [5, 5.41) is 7.23. The van der Waals surface area contributed by atoms with Crippen LogP contribution in [0.1, 0.15) is 61.4 Å². The van der Waals surface area contributed by atoms with Crippen molar-refractivity contribution in [2.24, 2.45) is 0 Å². The summed E-state index contributed by atoms with van der Waals surface area (Å²) in [7, 11) is 0. The summed E-state index contributed by atoms with van der Waals surface area (Å²) < 4.78 is 13.2. The molecule has 1 aromatic heterocycles. The summed E-state index contributed by atoms with van der Waals surface area (Å²) in [6.45, 7) is 7.43. The average molecular weight is 825 g/mol. The van der Waals surface area contributed by atoms with Crippen LogP contribution in [-0.4, -0.2) is 64.3 Å². The summed E-state index contributed by atoms with van der Waals surface area (Å²) in [5.41, 5.74) is 6.64. The van der Waals surface area contributed by atoms with Crippen molar-refractivity contribution in [3.8, 4) is 11.1 Å². The van der Waals surface area contributed by atoms with Gasteiger partial charge in [-0.3, -0.25) is 19.1 Å². The van der Waals surface area contributed by atoms with Crippen molar-refractivity contribution < 1.29 is 28.7 Å². The van der Waals surface area contributed by atoms with E-state index in [1.54, 1.807) is 64.2 Å². The Bertz CT molecular complexity index is 2450. The SMILES string of the molecule is CC(C(=O)N[C@H](Cc1cn(C(=O)OC(C)(C)C)c2ccccc12)C(=O)NCCc1ccccc1)N(Cc1ccc(Cl)cc1)C(=O)OCC1c2ccccc2-c2ccccc21. The Labute approximate surface area is 355 Å². The molecule has 10 nitrogen and oxygen atoms in total. The number of para-hydroxylation sites is 1. The molecule has 1 aliphatic carbocycles. The first kappa shape index (κ1) is 41.8. The van der Waals surface area contributed by atoms with Crippen LogP contribution in [-0.2, 0) is 38.4 Å². The van der Waals surface area contributed by atoms with Crippen molar-refractivity contribution in [1.29, 1.82) is 0 Å². The van der Waals surface area contributed by atoms with Crippen LogP contribution in [0.5, 0.6) is 0 Å². The van der Waals surface area contributed by atoms with Crippen LogP contribution in [0.4, 0.5) is 9.59 Å². The summed E-state index contributed by atoms with van der Waals surface area (Å²) >= 11 is 6.20. The molecule has 2 atom stereocenters. The maximum absolute atomic E-state index is 14.4. The molecule has 1 unspecified atom stereocenters. The monoisotopic (exact) mass is 824 g/mol. The van der Waals surface area contributed by atoms with Crippen LogP contribution >= 0.6 is 11.6 Å². The molecule has 6 aromatic rings. The van der Waals surface area contributed by atoms with E-state index in [0.717, 1.165) is 38.8 Å². The number of carbonyl (C=O) groups excluding carboxylic acids is 4. The first-order valence-corrected chi connectivity index (χ1v) is 20.5. The normalized spacial score (nSPS) is 13.2. The van der Waals surface area contributed by atoms with Gasteiger partial charge in [0.15, 0.2) is 0 Å². The Morgan fingerprint density at radius 1 is 0.767 bits per heavy atom. The third-order valence-electron chi connectivity index (χ3n) is 10.7. The molecule has 308 valence electrons. The molecular weight excluding hydrogens is 776 g/mol. The molecule has 0 spiro atoms. The fourth-order valence-electron chi connectivity index (χ4n) is 7.66. The lowest BCUT2D eigenvalue weighted by molar-refractivity contribution is -0.131. The van der Waals surface area contributed by atoms with Gasteiger partial charge < -0.3 is 20.1 Å². The van der Waals surface area contributed by atoms with Gasteiger partial charge in [-0.15, -0.1) is 0 Å². The maximum Gasteiger partial charge on any atom is 0.419 e. The lowest BCUT2D eigenvalue weighted by Crippen LogP contribution is -2.54. The maximum atomic E-state index is 14.4. The number of carbonyl (C=O) groups is 4. The molecule has 1 aliphatic rings. The number of nitrogens with zero attached hydrogens (tertiary/aromatic N) is 2. The number of hydrogen-bond acceptors (Lipinski definition) is 6. The minimum absolute atomic E-state index is 0.0414. The van der Waals surface area contributed by atoms with E-state index in [9.17, 15) is 19.2 Å². The zero-order valence-corrected chi connectivity index (χ0v) is 34.9. The van der Waals surface area contributed by atoms with E-state index in [0.29, 0.717) is 29.1 Å². The van der Waals surface area contributed by atoms with Gasteiger partial charge in [0.1, 0.15) is 24.3 Å². The molecule has 1 heterocycles. The molecule has 7 rings (SSSR count). The minimum atomic E-state index is -1.08. The first-order valence-electron chi connectivity index (χ1n) is 20.2. The molecule has 0 aliphatic heterocycles. The fourth-order valence-corrected chi connectivity index (χ4v) is 7.78. The van der Waals surface area contributed by atoms with Crippen molar-refractivity contribution in [1.82, 2.24) is 20.1 Å². The van der Waals surface area contributed by atoms with Crippen LogP contribution in [0, 0.1) is 0 Å². The second-order valence-corrected chi connectivity index (χ2v) is 16.5. The van der Waals surface area contributed by atoms with Crippen LogP contribution in [0.2, 0.25) is 5.02 Å². The minimum Gasteiger partial charge on any atom is -0.448 e. The summed E-state index contributed by atoms with van der Waals surface area (Å²) in [6.07, 6.45) is 1.04. The van der Waals surface area contributed by atoms with Gasteiger partial charge in [-0.1, -0.05) is 121 Å².